The lowest BCUT2D eigenvalue weighted by Crippen LogP contribution is -2.38. The van der Waals surface area contributed by atoms with Gasteiger partial charge in [0.25, 0.3) is 0 Å². The van der Waals surface area contributed by atoms with Gasteiger partial charge < -0.3 is 14.3 Å². The van der Waals surface area contributed by atoms with Crippen molar-refractivity contribution in [2.45, 2.75) is 25.8 Å². The first-order chi connectivity index (χ1) is 10.6. The van der Waals surface area contributed by atoms with Gasteiger partial charge in [-0.1, -0.05) is 28.9 Å². The molecule has 116 valence electrons. The standard InChI is InChI=1S/C16H20N4O2/c1-11-6-4-7-12(10-11)14-17-15(22-18-14)13-8-5-9-20(13)16(21)19(2)3/h4,6-7,10,13H,5,8-9H2,1-3H3. The second-order valence-electron chi connectivity index (χ2n) is 5.85. The van der Waals surface area contributed by atoms with Gasteiger partial charge in [0.05, 0.1) is 0 Å². The predicted molar refractivity (Wildman–Crippen MR) is 82.2 cm³/mol. The van der Waals surface area contributed by atoms with Crippen LogP contribution in [0.3, 0.4) is 0 Å². The summed E-state index contributed by atoms with van der Waals surface area (Å²) >= 11 is 0. The molecule has 2 amide bonds. The fourth-order valence-corrected chi connectivity index (χ4v) is 2.78. The molecular formula is C16H20N4O2. The van der Waals surface area contributed by atoms with Gasteiger partial charge in [-0.3, -0.25) is 0 Å². The summed E-state index contributed by atoms with van der Waals surface area (Å²) in [5.41, 5.74) is 2.08. The van der Waals surface area contributed by atoms with Crippen LogP contribution in [-0.2, 0) is 0 Å². The molecule has 0 aliphatic carbocycles. The Morgan fingerprint density at radius 2 is 2.23 bits per heavy atom. The first-order valence-electron chi connectivity index (χ1n) is 7.45. The fourth-order valence-electron chi connectivity index (χ4n) is 2.78. The molecule has 1 fully saturated rings. The third-order valence-corrected chi connectivity index (χ3v) is 3.88. The van der Waals surface area contributed by atoms with Gasteiger partial charge in [0.15, 0.2) is 0 Å². The molecule has 0 radical (unpaired) electrons. The van der Waals surface area contributed by atoms with Crippen molar-refractivity contribution in [2.24, 2.45) is 0 Å². The van der Waals surface area contributed by atoms with Crippen LogP contribution >= 0.6 is 0 Å². The topological polar surface area (TPSA) is 62.5 Å². The average molecular weight is 300 g/mol. The summed E-state index contributed by atoms with van der Waals surface area (Å²) in [6.07, 6.45) is 1.81. The normalized spacial score (nSPS) is 17.8. The first-order valence-corrected chi connectivity index (χ1v) is 7.45. The molecule has 0 N–H and O–H groups in total. The minimum atomic E-state index is -0.124. The van der Waals surface area contributed by atoms with Gasteiger partial charge in [0, 0.05) is 26.2 Å². The number of nitrogens with zero attached hydrogens (tertiary/aromatic N) is 4. The summed E-state index contributed by atoms with van der Waals surface area (Å²) < 4.78 is 5.43. The second-order valence-corrected chi connectivity index (χ2v) is 5.85. The Kier molecular flexibility index (Phi) is 3.83. The number of carbonyl (C=O) groups excluding carboxylic acids is 1. The van der Waals surface area contributed by atoms with E-state index >= 15 is 0 Å². The largest absolute Gasteiger partial charge is 0.337 e. The summed E-state index contributed by atoms with van der Waals surface area (Å²) in [5, 5.41) is 4.07. The zero-order valence-electron chi connectivity index (χ0n) is 13.1. The molecule has 22 heavy (non-hydrogen) atoms. The van der Waals surface area contributed by atoms with Gasteiger partial charge in [-0.25, -0.2) is 4.79 Å². The van der Waals surface area contributed by atoms with Crippen molar-refractivity contribution in [3.8, 4) is 11.4 Å². The molecule has 1 aromatic carbocycles. The van der Waals surface area contributed by atoms with Crippen molar-refractivity contribution in [1.82, 2.24) is 19.9 Å². The molecule has 1 aliphatic rings. The quantitative estimate of drug-likeness (QED) is 0.855. The zero-order chi connectivity index (χ0) is 15.7. The van der Waals surface area contributed by atoms with Crippen LogP contribution in [0.1, 0.15) is 30.3 Å². The highest BCUT2D eigenvalue weighted by Crippen LogP contribution is 2.32. The molecule has 1 atom stereocenters. The van der Waals surface area contributed by atoms with Crippen molar-refractivity contribution >= 4 is 6.03 Å². The van der Waals surface area contributed by atoms with Crippen molar-refractivity contribution in [3.63, 3.8) is 0 Å². The summed E-state index contributed by atoms with van der Waals surface area (Å²) in [4.78, 5) is 20.1. The molecule has 2 aromatic rings. The SMILES string of the molecule is Cc1cccc(-c2noc(C3CCCN3C(=O)N(C)C)n2)c1. The fraction of sp³-hybridized carbons (Fsp3) is 0.438. The maximum atomic E-state index is 12.2. The molecule has 1 saturated heterocycles. The number of amides is 2. The number of rotatable bonds is 2. The first kappa shape index (κ1) is 14.6. The van der Waals surface area contributed by atoms with E-state index in [9.17, 15) is 4.79 Å². The molecular weight excluding hydrogens is 280 g/mol. The van der Waals surface area contributed by atoms with Crippen molar-refractivity contribution in [3.05, 3.63) is 35.7 Å². The highest BCUT2D eigenvalue weighted by molar-refractivity contribution is 5.74. The maximum absolute atomic E-state index is 12.2. The number of hydrogen-bond acceptors (Lipinski definition) is 4. The Labute approximate surface area is 129 Å². The summed E-state index contributed by atoms with van der Waals surface area (Å²) in [6, 6.07) is 7.83. The van der Waals surface area contributed by atoms with E-state index in [1.54, 1.807) is 23.9 Å². The average Bonchev–Trinajstić information content (AvgIpc) is 3.15. The van der Waals surface area contributed by atoms with E-state index < -0.39 is 0 Å². The monoisotopic (exact) mass is 300 g/mol. The molecule has 1 unspecified atom stereocenters. The van der Waals surface area contributed by atoms with E-state index in [0.29, 0.717) is 11.7 Å². The van der Waals surface area contributed by atoms with Crippen LogP contribution in [0.25, 0.3) is 11.4 Å². The number of hydrogen-bond donors (Lipinski definition) is 0. The van der Waals surface area contributed by atoms with E-state index in [-0.39, 0.29) is 12.1 Å². The lowest BCUT2D eigenvalue weighted by atomic mass is 10.1. The molecule has 6 nitrogen and oxygen atoms in total. The number of aryl methyl sites for hydroxylation is 1. The van der Waals surface area contributed by atoms with Gasteiger partial charge in [-0.2, -0.15) is 4.98 Å². The van der Waals surface area contributed by atoms with Gasteiger partial charge in [0.2, 0.25) is 11.7 Å². The third-order valence-electron chi connectivity index (χ3n) is 3.88. The van der Waals surface area contributed by atoms with Gasteiger partial charge >= 0.3 is 6.03 Å². The Balaban J connectivity index is 1.85. The van der Waals surface area contributed by atoms with Crippen LogP contribution in [0.5, 0.6) is 0 Å². The summed E-state index contributed by atoms with van der Waals surface area (Å²) in [5.74, 6) is 1.09. The minimum Gasteiger partial charge on any atom is -0.337 e. The van der Waals surface area contributed by atoms with Crippen LogP contribution in [0.4, 0.5) is 4.79 Å². The second kappa shape index (κ2) is 5.79. The zero-order valence-corrected chi connectivity index (χ0v) is 13.1. The van der Waals surface area contributed by atoms with E-state index in [0.717, 1.165) is 30.5 Å². The molecule has 6 heteroatoms. The van der Waals surface area contributed by atoms with Crippen LogP contribution < -0.4 is 0 Å². The Morgan fingerprint density at radius 3 is 2.95 bits per heavy atom. The van der Waals surface area contributed by atoms with Gasteiger partial charge in [-0.15, -0.1) is 0 Å². The number of likely N-dealkylation sites (tertiary alicyclic amines) is 1. The van der Waals surface area contributed by atoms with Crippen LogP contribution in [0, 0.1) is 6.92 Å². The number of urea groups is 1. The van der Waals surface area contributed by atoms with Crippen LogP contribution in [0.15, 0.2) is 28.8 Å². The summed E-state index contributed by atoms with van der Waals surface area (Å²) in [6.45, 7) is 2.75. The van der Waals surface area contributed by atoms with E-state index in [2.05, 4.69) is 10.1 Å². The number of benzene rings is 1. The molecule has 2 heterocycles. The Hall–Kier alpha value is -2.37. The van der Waals surface area contributed by atoms with E-state index in [4.69, 9.17) is 4.52 Å². The Morgan fingerprint density at radius 1 is 1.41 bits per heavy atom. The molecule has 0 saturated carbocycles. The number of aromatic nitrogens is 2. The minimum absolute atomic E-state index is 0.0159. The van der Waals surface area contributed by atoms with Gasteiger partial charge in [-0.05, 0) is 25.8 Å². The highest BCUT2D eigenvalue weighted by atomic mass is 16.5. The lowest BCUT2D eigenvalue weighted by Gasteiger charge is -2.25. The lowest BCUT2D eigenvalue weighted by molar-refractivity contribution is 0.156. The molecule has 1 aliphatic heterocycles. The third kappa shape index (κ3) is 2.68. The van der Waals surface area contributed by atoms with E-state index in [1.807, 2.05) is 31.2 Å². The summed E-state index contributed by atoms with van der Waals surface area (Å²) in [7, 11) is 3.51. The predicted octanol–water partition coefficient (Wildman–Crippen LogP) is 2.86. The maximum Gasteiger partial charge on any atom is 0.320 e. The Bertz CT molecular complexity index is 680. The van der Waals surface area contributed by atoms with Crippen molar-refractivity contribution in [2.75, 3.05) is 20.6 Å². The number of carbonyl (C=O) groups is 1. The van der Waals surface area contributed by atoms with Gasteiger partial charge in [0.1, 0.15) is 6.04 Å². The molecule has 0 bridgehead atoms. The van der Waals surface area contributed by atoms with Crippen LogP contribution in [0.2, 0.25) is 0 Å². The highest BCUT2D eigenvalue weighted by Gasteiger charge is 2.34. The molecule has 1 aromatic heterocycles. The molecule has 0 spiro atoms. The molecule has 3 rings (SSSR count). The van der Waals surface area contributed by atoms with Crippen molar-refractivity contribution in [1.29, 1.82) is 0 Å². The smallest absolute Gasteiger partial charge is 0.320 e. The van der Waals surface area contributed by atoms with Crippen molar-refractivity contribution < 1.29 is 9.32 Å². The van der Waals surface area contributed by atoms with Crippen LogP contribution in [-0.4, -0.2) is 46.6 Å². The van der Waals surface area contributed by atoms with E-state index in [1.165, 1.54) is 0 Å².